The fraction of sp³-hybridized carbons (Fsp3) is 0.100. The van der Waals surface area contributed by atoms with E-state index in [9.17, 15) is 4.79 Å². The standard InChI is InChI=1S/C10H9Cl2N5O/c11-5-3-6(16-9(5)12)10(18)15-4-8-14-2-1-7(13)17-8/h1-3,16H,4H2,(H,15,18)(H2,13,14,17). The van der Waals surface area contributed by atoms with Crippen LogP contribution in [0.3, 0.4) is 0 Å². The van der Waals surface area contributed by atoms with Crippen molar-refractivity contribution >= 4 is 34.9 Å². The van der Waals surface area contributed by atoms with Crippen molar-refractivity contribution in [3.8, 4) is 0 Å². The van der Waals surface area contributed by atoms with E-state index in [-0.39, 0.29) is 23.3 Å². The van der Waals surface area contributed by atoms with E-state index in [1.165, 1.54) is 12.3 Å². The molecule has 0 aliphatic carbocycles. The number of aromatic nitrogens is 3. The first-order valence-corrected chi connectivity index (χ1v) is 5.71. The summed E-state index contributed by atoms with van der Waals surface area (Å²) in [6.07, 6.45) is 1.52. The Kier molecular flexibility index (Phi) is 3.69. The van der Waals surface area contributed by atoms with E-state index >= 15 is 0 Å². The van der Waals surface area contributed by atoms with Gasteiger partial charge in [0.25, 0.3) is 5.91 Å². The van der Waals surface area contributed by atoms with Crippen LogP contribution in [0.1, 0.15) is 16.3 Å². The number of nitrogen functional groups attached to an aromatic ring is 1. The van der Waals surface area contributed by atoms with Crippen LogP contribution < -0.4 is 11.1 Å². The van der Waals surface area contributed by atoms with Crippen LogP contribution in [-0.4, -0.2) is 20.9 Å². The van der Waals surface area contributed by atoms with Crippen LogP contribution >= 0.6 is 23.2 Å². The van der Waals surface area contributed by atoms with Crippen LogP contribution in [0.5, 0.6) is 0 Å². The molecule has 0 spiro atoms. The highest BCUT2D eigenvalue weighted by molar-refractivity contribution is 6.41. The van der Waals surface area contributed by atoms with E-state index in [1.54, 1.807) is 6.07 Å². The SMILES string of the molecule is Nc1ccnc(CNC(=O)c2cc(Cl)c(Cl)[nH]2)n1. The molecule has 0 atom stereocenters. The number of H-pyrrole nitrogens is 1. The van der Waals surface area contributed by atoms with Gasteiger partial charge in [0.1, 0.15) is 22.5 Å². The lowest BCUT2D eigenvalue weighted by Crippen LogP contribution is -2.24. The number of hydrogen-bond acceptors (Lipinski definition) is 4. The van der Waals surface area contributed by atoms with Gasteiger partial charge in [-0.15, -0.1) is 0 Å². The molecule has 2 heterocycles. The topological polar surface area (TPSA) is 96.7 Å². The lowest BCUT2D eigenvalue weighted by Gasteiger charge is -2.02. The third kappa shape index (κ3) is 2.91. The van der Waals surface area contributed by atoms with Gasteiger partial charge in [-0.05, 0) is 12.1 Å². The minimum Gasteiger partial charge on any atom is -0.384 e. The third-order valence-corrected chi connectivity index (χ3v) is 2.80. The first kappa shape index (κ1) is 12.7. The van der Waals surface area contributed by atoms with E-state index < -0.39 is 0 Å². The summed E-state index contributed by atoms with van der Waals surface area (Å²) in [7, 11) is 0. The number of nitrogens with one attached hydrogen (secondary N) is 2. The van der Waals surface area contributed by atoms with Crippen molar-refractivity contribution in [1.29, 1.82) is 0 Å². The molecule has 6 nitrogen and oxygen atoms in total. The second kappa shape index (κ2) is 5.24. The molecule has 0 unspecified atom stereocenters. The zero-order valence-corrected chi connectivity index (χ0v) is 10.6. The Balaban J connectivity index is 2.00. The molecule has 0 radical (unpaired) electrons. The van der Waals surface area contributed by atoms with E-state index in [2.05, 4.69) is 20.3 Å². The van der Waals surface area contributed by atoms with Crippen LogP contribution in [-0.2, 0) is 6.54 Å². The number of nitrogens with zero attached hydrogens (tertiary/aromatic N) is 2. The first-order chi connectivity index (χ1) is 8.56. The molecule has 8 heteroatoms. The highest BCUT2D eigenvalue weighted by atomic mass is 35.5. The van der Waals surface area contributed by atoms with Crippen molar-refractivity contribution in [2.45, 2.75) is 6.54 Å². The Hall–Kier alpha value is -1.79. The first-order valence-electron chi connectivity index (χ1n) is 4.96. The third-order valence-electron chi connectivity index (χ3n) is 2.10. The van der Waals surface area contributed by atoms with Crippen molar-refractivity contribution in [2.24, 2.45) is 0 Å². The monoisotopic (exact) mass is 285 g/mol. The molecule has 18 heavy (non-hydrogen) atoms. The molecule has 1 amide bonds. The Morgan fingerprint density at radius 3 is 2.89 bits per heavy atom. The van der Waals surface area contributed by atoms with Crippen LogP contribution in [0.2, 0.25) is 10.2 Å². The van der Waals surface area contributed by atoms with Gasteiger partial charge in [-0.1, -0.05) is 23.2 Å². The van der Waals surface area contributed by atoms with Gasteiger partial charge >= 0.3 is 0 Å². The maximum absolute atomic E-state index is 11.7. The smallest absolute Gasteiger partial charge is 0.268 e. The summed E-state index contributed by atoms with van der Waals surface area (Å²) in [5, 5.41) is 3.13. The maximum atomic E-state index is 11.7. The summed E-state index contributed by atoms with van der Waals surface area (Å²) >= 11 is 11.4. The van der Waals surface area contributed by atoms with Gasteiger partial charge in [0, 0.05) is 6.20 Å². The molecule has 94 valence electrons. The minimum atomic E-state index is -0.352. The van der Waals surface area contributed by atoms with E-state index in [0.29, 0.717) is 16.7 Å². The van der Waals surface area contributed by atoms with Crippen LogP contribution in [0.15, 0.2) is 18.3 Å². The van der Waals surface area contributed by atoms with Crippen molar-refractivity contribution in [1.82, 2.24) is 20.3 Å². The van der Waals surface area contributed by atoms with Gasteiger partial charge in [-0.2, -0.15) is 0 Å². The van der Waals surface area contributed by atoms with Gasteiger partial charge in [0.15, 0.2) is 0 Å². The molecular weight excluding hydrogens is 277 g/mol. The molecule has 0 aliphatic heterocycles. The number of halogens is 2. The molecule has 2 aromatic rings. The van der Waals surface area contributed by atoms with Gasteiger partial charge in [0.2, 0.25) is 0 Å². The number of aromatic amines is 1. The lowest BCUT2D eigenvalue weighted by molar-refractivity contribution is 0.0945. The Morgan fingerprint density at radius 2 is 2.28 bits per heavy atom. The number of rotatable bonds is 3. The summed E-state index contributed by atoms with van der Waals surface area (Å²) in [5.74, 6) is 0.419. The molecule has 0 bridgehead atoms. The average molecular weight is 286 g/mol. The summed E-state index contributed by atoms with van der Waals surface area (Å²) in [5.41, 5.74) is 5.77. The Morgan fingerprint density at radius 1 is 1.50 bits per heavy atom. The second-order valence-corrected chi connectivity index (χ2v) is 4.21. The Bertz CT molecular complexity index is 564. The zero-order valence-electron chi connectivity index (χ0n) is 9.08. The highest BCUT2D eigenvalue weighted by Crippen LogP contribution is 2.21. The number of anilines is 1. The van der Waals surface area contributed by atoms with Crippen LogP contribution in [0.4, 0.5) is 5.82 Å². The van der Waals surface area contributed by atoms with Gasteiger partial charge in [0.05, 0.1) is 11.6 Å². The van der Waals surface area contributed by atoms with E-state index in [1.807, 2.05) is 0 Å². The number of hydrogen-bond donors (Lipinski definition) is 3. The summed E-state index contributed by atoms with van der Waals surface area (Å²) in [6, 6.07) is 3.01. The quantitative estimate of drug-likeness (QED) is 0.798. The van der Waals surface area contributed by atoms with Gasteiger partial charge in [-0.25, -0.2) is 9.97 Å². The summed E-state index contributed by atoms with van der Waals surface area (Å²) in [6.45, 7) is 0.165. The number of nitrogens with two attached hydrogens (primary N) is 1. The second-order valence-electron chi connectivity index (χ2n) is 3.43. The molecule has 0 saturated heterocycles. The number of carbonyl (C=O) groups is 1. The predicted molar refractivity (Wildman–Crippen MR) is 68.4 cm³/mol. The minimum absolute atomic E-state index is 0.165. The molecular formula is C10H9Cl2N5O. The fourth-order valence-electron chi connectivity index (χ4n) is 1.28. The number of amides is 1. The van der Waals surface area contributed by atoms with Crippen molar-refractivity contribution in [2.75, 3.05) is 5.73 Å². The van der Waals surface area contributed by atoms with Crippen LogP contribution in [0.25, 0.3) is 0 Å². The molecule has 0 saturated carbocycles. The zero-order chi connectivity index (χ0) is 13.1. The fourth-order valence-corrected chi connectivity index (χ4v) is 1.59. The normalized spacial score (nSPS) is 10.3. The molecule has 4 N–H and O–H groups in total. The van der Waals surface area contributed by atoms with E-state index in [4.69, 9.17) is 28.9 Å². The largest absolute Gasteiger partial charge is 0.384 e. The van der Waals surface area contributed by atoms with Crippen LogP contribution in [0, 0.1) is 0 Å². The molecule has 0 aromatic carbocycles. The number of carbonyl (C=O) groups excluding carboxylic acids is 1. The maximum Gasteiger partial charge on any atom is 0.268 e. The molecule has 0 aliphatic rings. The highest BCUT2D eigenvalue weighted by Gasteiger charge is 2.11. The van der Waals surface area contributed by atoms with Gasteiger partial charge < -0.3 is 16.0 Å². The van der Waals surface area contributed by atoms with Crippen molar-refractivity contribution < 1.29 is 4.79 Å². The summed E-state index contributed by atoms with van der Waals surface area (Å²) < 4.78 is 0. The summed E-state index contributed by atoms with van der Waals surface area (Å²) in [4.78, 5) is 22.3. The predicted octanol–water partition coefficient (Wildman–Crippen LogP) is 1.62. The van der Waals surface area contributed by atoms with Gasteiger partial charge in [-0.3, -0.25) is 4.79 Å². The molecule has 0 fully saturated rings. The molecule has 2 aromatic heterocycles. The molecule has 2 rings (SSSR count). The van der Waals surface area contributed by atoms with E-state index in [0.717, 1.165) is 0 Å². The average Bonchev–Trinajstić information content (AvgIpc) is 2.67. The Labute approximate surface area is 113 Å². The van der Waals surface area contributed by atoms with Crippen molar-refractivity contribution in [3.05, 3.63) is 40.0 Å². The lowest BCUT2D eigenvalue weighted by atomic mass is 10.4. The van der Waals surface area contributed by atoms with Crippen molar-refractivity contribution in [3.63, 3.8) is 0 Å².